The number of carbonyl (C=O) groups is 2. The molecule has 5 aromatic rings. The maximum absolute atomic E-state index is 15.1. The molecule has 0 fully saturated rings. The number of nitrogens with one attached hydrogen (secondary N) is 2. The molecule has 1 heterocycles. The summed E-state index contributed by atoms with van der Waals surface area (Å²) >= 11 is 0. The van der Waals surface area contributed by atoms with Crippen LogP contribution in [0, 0.1) is 11.6 Å². The van der Waals surface area contributed by atoms with Gasteiger partial charge in [-0.15, -0.1) is 5.10 Å². The molecule has 0 unspecified atom stereocenters. The van der Waals surface area contributed by atoms with E-state index in [1.54, 1.807) is 48.7 Å². The van der Waals surface area contributed by atoms with Crippen molar-refractivity contribution < 1.29 is 45.8 Å². The van der Waals surface area contributed by atoms with Crippen LogP contribution in [-0.2, 0) is 29.7 Å². The third kappa shape index (κ3) is 9.44. The van der Waals surface area contributed by atoms with Crippen molar-refractivity contribution in [1.82, 2.24) is 25.6 Å². The van der Waals surface area contributed by atoms with Crippen molar-refractivity contribution >= 4 is 12.0 Å². The minimum absolute atomic E-state index is 0.0595. The van der Waals surface area contributed by atoms with Crippen molar-refractivity contribution in [2.24, 2.45) is 0 Å². The minimum atomic E-state index is -4.95. The number of alkyl halides is 4. The average molecular weight is 712 g/mol. The number of nitrogens with zero attached hydrogens (tertiary/aromatic N) is 3. The number of aryl methyl sites for hydroxylation is 1. The predicted octanol–water partition coefficient (Wildman–Crippen LogP) is 7.18. The number of ether oxygens (including phenoxy) is 1. The first-order valence-corrected chi connectivity index (χ1v) is 15.6. The van der Waals surface area contributed by atoms with Crippen molar-refractivity contribution in [2.75, 3.05) is 0 Å². The predicted molar refractivity (Wildman–Crippen MR) is 173 cm³/mol. The molecule has 0 aliphatic rings. The summed E-state index contributed by atoms with van der Waals surface area (Å²) in [5.41, 5.74) is 0.773. The summed E-state index contributed by atoms with van der Waals surface area (Å²) in [7, 11) is 0. The van der Waals surface area contributed by atoms with Gasteiger partial charge in [0.2, 0.25) is 0 Å². The van der Waals surface area contributed by atoms with Crippen LogP contribution in [0.15, 0.2) is 103 Å². The van der Waals surface area contributed by atoms with Crippen molar-refractivity contribution in [3.05, 3.63) is 143 Å². The van der Waals surface area contributed by atoms with E-state index >= 15 is 4.39 Å². The van der Waals surface area contributed by atoms with Gasteiger partial charge in [0.25, 0.3) is 0 Å². The topological polar surface area (TPSA) is 118 Å². The summed E-state index contributed by atoms with van der Waals surface area (Å²) < 4.78 is 88.7. The van der Waals surface area contributed by atoms with Gasteiger partial charge in [-0.05, 0) is 71.5 Å². The largest absolute Gasteiger partial charge is 0.481 e. The Morgan fingerprint density at radius 2 is 1.57 bits per heavy atom. The molecule has 0 aliphatic carbocycles. The molecule has 0 aliphatic heterocycles. The number of benzene rings is 4. The molecule has 0 saturated carbocycles. The van der Waals surface area contributed by atoms with Crippen LogP contribution in [0.4, 0.5) is 31.1 Å². The number of rotatable bonds is 15. The zero-order chi connectivity index (χ0) is 36.6. The van der Waals surface area contributed by atoms with Gasteiger partial charge in [0.1, 0.15) is 23.1 Å². The summed E-state index contributed by atoms with van der Waals surface area (Å²) in [6.45, 7) is -0.151. The molecule has 1 aromatic heterocycles. The van der Waals surface area contributed by atoms with Gasteiger partial charge in [-0.1, -0.05) is 59.8 Å². The van der Waals surface area contributed by atoms with E-state index < -0.39 is 47.5 Å². The van der Waals surface area contributed by atoms with Gasteiger partial charge < -0.3 is 20.5 Å². The SMILES string of the molecule is O=C(O)CCCc1ccc(-n2cc(CNC(=O)N[C@](Cc3ccccc3)(c3ccc(F)cc3)c3cc(F)cc(OC(F)(F)C(F)F)c3)nn2)cc1. The molecule has 0 saturated heterocycles. The van der Waals surface area contributed by atoms with Crippen molar-refractivity contribution in [3.63, 3.8) is 0 Å². The third-order valence-corrected chi connectivity index (χ3v) is 7.88. The van der Waals surface area contributed by atoms with Crippen molar-refractivity contribution in [3.8, 4) is 11.4 Å². The molecule has 15 heteroatoms. The summed E-state index contributed by atoms with van der Waals surface area (Å²) in [6, 6.07) is 22.1. The Labute approximate surface area is 287 Å². The number of aliphatic carboxylic acids is 1. The first-order valence-electron chi connectivity index (χ1n) is 15.6. The summed E-state index contributed by atoms with van der Waals surface area (Å²) in [5.74, 6) is -3.55. The minimum Gasteiger partial charge on any atom is -0.481 e. The summed E-state index contributed by atoms with van der Waals surface area (Å²) in [4.78, 5) is 24.4. The van der Waals surface area contributed by atoms with E-state index in [1.165, 1.54) is 16.8 Å². The fourth-order valence-corrected chi connectivity index (χ4v) is 5.44. The zero-order valence-electron chi connectivity index (χ0n) is 26.7. The second-order valence-electron chi connectivity index (χ2n) is 11.6. The highest BCUT2D eigenvalue weighted by Gasteiger charge is 2.45. The van der Waals surface area contributed by atoms with Gasteiger partial charge in [-0.25, -0.2) is 18.3 Å². The second-order valence-corrected chi connectivity index (χ2v) is 11.6. The van der Waals surface area contributed by atoms with Gasteiger partial charge in [0, 0.05) is 18.9 Å². The zero-order valence-corrected chi connectivity index (χ0v) is 26.7. The van der Waals surface area contributed by atoms with Crippen LogP contribution in [0.3, 0.4) is 0 Å². The molecule has 4 aromatic carbocycles. The number of carboxylic acid groups (broad SMARTS) is 1. The lowest BCUT2D eigenvalue weighted by Crippen LogP contribution is -2.52. The van der Waals surface area contributed by atoms with E-state index in [2.05, 4.69) is 25.7 Å². The third-order valence-electron chi connectivity index (χ3n) is 7.88. The number of aromatic nitrogens is 3. The maximum Gasteiger partial charge on any atom is 0.461 e. The molecule has 266 valence electrons. The lowest BCUT2D eigenvalue weighted by Gasteiger charge is -2.37. The molecule has 9 nitrogen and oxygen atoms in total. The number of halogens is 6. The Morgan fingerprint density at radius 3 is 2.24 bits per heavy atom. The van der Waals surface area contributed by atoms with Gasteiger partial charge in [0.15, 0.2) is 0 Å². The Hall–Kier alpha value is -5.86. The van der Waals surface area contributed by atoms with Crippen LogP contribution < -0.4 is 15.4 Å². The highest BCUT2D eigenvalue weighted by atomic mass is 19.3. The van der Waals surface area contributed by atoms with Crippen LogP contribution in [-0.4, -0.2) is 44.6 Å². The van der Waals surface area contributed by atoms with E-state index in [4.69, 9.17) is 5.11 Å². The van der Waals surface area contributed by atoms with E-state index in [0.717, 1.165) is 29.8 Å². The number of carboxylic acids is 1. The maximum atomic E-state index is 15.1. The monoisotopic (exact) mass is 711 g/mol. The van der Waals surface area contributed by atoms with Gasteiger partial charge in [0.05, 0.1) is 24.0 Å². The Morgan fingerprint density at radius 1 is 0.863 bits per heavy atom. The first kappa shape index (κ1) is 36.4. The van der Waals surface area contributed by atoms with E-state index in [0.29, 0.717) is 35.9 Å². The number of amides is 2. The highest BCUT2D eigenvalue weighted by Crippen LogP contribution is 2.38. The van der Waals surface area contributed by atoms with Crippen molar-refractivity contribution in [1.29, 1.82) is 0 Å². The van der Waals surface area contributed by atoms with Crippen LogP contribution in [0.5, 0.6) is 5.75 Å². The quantitative estimate of drug-likeness (QED) is 0.0992. The normalized spacial score (nSPS) is 12.7. The molecule has 3 N–H and O–H groups in total. The van der Waals surface area contributed by atoms with Gasteiger partial charge in [-0.2, -0.15) is 17.6 Å². The number of urea groups is 1. The van der Waals surface area contributed by atoms with Crippen molar-refractivity contribution in [2.45, 2.75) is 50.3 Å². The van der Waals surface area contributed by atoms with Gasteiger partial charge >= 0.3 is 24.5 Å². The standard InChI is InChI=1S/C36H31F6N5O4/c37-27-13-11-25(12-14-27)35(20-24-5-2-1-3-6-24,26-17-28(38)19-31(18-26)51-36(41,42)33(39)40)44-34(50)43-21-29-22-47(46-45-29)30-15-9-23(10-16-30)7-4-8-32(48)49/h1-3,5-6,9-19,22,33H,4,7-8,20-21H2,(H,48,49)(H2,43,44,50)/t35-/m1/s1. The van der Waals surface area contributed by atoms with Crippen LogP contribution in [0.25, 0.3) is 5.69 Å². The van der Waals surface area contributed by atoms with Gasteiger partial charge in [-0.3, -0.25) is 4.79 Å². The lowest BCUT2D eigenvalue weighted by atomic mass is 9.77. The molecule has 1 atom stereocenters. The lowest BCUT2D eigenvalue weighted by molar-refractivity contribution is -0.253. The Kier molecular flexibility index (Phi) is 11.3. The molecule has 0 spiro atoms. The second kappa shape index (κ2) is 15.8. The number of hydrogen-bond acceptors (Lipinski definition) is 5. The Balaban J connectivity index is 1.43. The van der Waals surface area contributed by atoms with Crippen LogP contribution in [0.1, 0.15) is 40.8 Å². The molecule has 2 amide bonds. The smallest absolute Gasteiger partial charge is 0.461 e. The summed E-state index contributed by atoms with van der Waals surface area (Å²) in [6.07, 6.45) is -6.58. The molecular weight excluding hydrogens is 680 g/mol. The average Bonchev–Trinajstić information content (AvgIpc) is 3.57. The molecule has 0 bridgehead atoms. The Bertz CT molecular complexity index is 1940. The number of hydrogen-bond donors (Lipinski definition) is 3. The highest BCUT2D eigenvalue weighted by molar-refractivity contribution is 5.76. The molecule has 51 heavy (non-hydrogen) atoms. The van der Waals surface area contributed by atoms with Crippen LogP contribution >= 0.6 is 0 Å². The molecular formula is C36H31F6N5O4. The number of carbonyl (C=O) groups excluding carboxylic acids is 1. The van der Waals surface area contributed by atoms with E-state index in [-0.39, 0.29) is 30.5 Å². The summed E-state index contributed by atoms with van der Waals surface area (Å²) in [5, 5.41) is 22.4. The molecule has 0 radical (unpaired) electrons. The fourth-order valence-electron chi connectivity index (χ4n) is 5.44. The van der Waals surface area contributed by atoms with Crippen LogP contribution in [0.2, 0.25) is 0 Å². The van der Waals surface area contributed by atoms with E-state index in [9.17, 15) is 31.5 Å². The fraction of sp³-hybridized carbons (Fsp3) is 0.222. The van der Waals surface area contributed by atoms with E-state index in [1.807, 2.05) is 12.1 Å². The first-order chi connectivity index (χ1) is 24.3. The molecule has 5 rings (SSSR count).